The zero-order valence-electron chi connectivity index (χ0n) is 14.2. The summed E-state index contributed by atoms with van der Waals surface area (Å²) in [6, 6.07) is 16.7. The molecule has 0 saturated heterocycles. The highest BCUT2D eigenvalue weighted by molar-refractivity contribution is 9.10. The molecular formula is C20H14BrFN2O2S. The van der Waals surface area contributed by atoms with Crippen LogP contribution in [0.4, 0.5) is 4.39 Å². The molecule has 2 aromatic heterocycles. The van der Waals surface area contributed by atoms with Gasteiger partial charge in [0.1, 0.15) is 11.5 Å². The summed E-state index contributed by atoms with van der Waals surface area (Å²) in [6.07, 6.45) is 3.02. The molecule has 0 aliphatic carbocycles. The zero-order chi connectivity index (χ0) is 19.2. The molecule has 0 bridgehead atoms. The molecule has 0 saturated carbocycles. The van der Waals surface area contributed by atoms with Crippen LogP contribution < -0.4 is 0 Å². The normalized spacial score (nSPS) is 11.8. The summed E-state index contributed by atoms with van der Waals surface area (Å²) in [6.45, 7) is 0. The van der Waals surface area contributed by atoms with Crippen LogP contribution in [-0.4, -0.2) is 24.3 Å². The van der Waals surface area contributed by atoms with Crippen molar-refractivity contribution >= 4 is 31.3 Å². The van der Waals surface area contributed by atoms with Crippen molar-refractivity contribution in [3.05, 3.63) is 77.2 Å². The van der Waals surface area contributed by atoms with E-state index in [1.54, 1.807) is 40.9 Å². The third kappa shape index (κ3) is 3.40. The lowest BCUT2D eigenvalue weighted by Crippen LogP contribution is -1.96. The van der Waals surface area contributed by atoms with Crippen LogP contribution in [0.25, 0.3) is 27.9 Å². The Balaban J connectivity index is 1.97. The van der Waals surface area contributed by atoms with E-state index in [9.17, 15) is 12.8 Å². The fourth-order valence-electron chi connectivity index (χ4n) is 2.99. The average molecular weight is 445 g/mol. The summed E-state index contributed by atoms with van der Waals surface area (Å²) in [5.41, 5.74) is 4.02. The highest BCUT2D eigenvalue weighted by Gasteiger charge is 2.17. The Labute approximate surface area is 164 Å². The molecule has 0 unspecified atom stereocenters. The number of hydrogen-bond donors (Lipinski definition) is 0. The second-order valence-electron chi connectivity index (χ2n) is 6.20. The number of pyridine rings is 1. The largest absolute Gasteiger partial charge is 0.239 e. The quantitative estimate of drug-likeness (QED) is 0.447. The lowest BCUT2D eigenvalue weighted by atomic mass is 10.00. The van der Waals surface area contributed by atoms with Crippen molar-refractivity contribution < 1.29 is 12.8 Å². The molecule has 0 aliphatic rings. The van der Waals surface area contributed by atoms with Gasteiger partial charge in [0.25, 0.3) is 0 Å². The average Bonchev–Trinajstić information content (AvgIpc) is 3.00. The lowest BCUT2D eigenvalue weighted by molar-refractivity contribution is 0.602. The Bertz CT molecular complexity index is 1250. The molecule has 136 valence electrons. The highest BCUT2D eigenvalue weighted by atomic mass is 79.9. The Morgan fingerprint density at radius 3 is 2.19 bits per heavy atom. The number of fused-ring (bicyclic) bond motifs is 1. The van der Waals surface area contributed by atoms with E-state index >= 15 is 0 Å². The molecule has 0 atom stereocenters. The molecule has 7 heteroatoms. The lowest BCUT2D eigenvalue weighted by Gasteiger charge is -2.06. The molecule has 0 N–H and O–H groups in total. The van der Waals surface area contributed by atoms with Crippen molar-refractivity contribution in [2.24, 2.45) is 0 Å². The van der Waals surface area contributed by atoms with Gasteiger partial charge in [-0.15, -0.1) is 0 Å². The fraction of sp³-hybridized carbons (Fsp3) is 0.0500. The van der Waals surface area contributed by atoms with Crippen LogP contribution in [0.5, 0.6) is 0 Å². The maximum absolute atomic E-state index is 13.4. The summed E-state index contributed by atoms with van der Waals surface area (Å²) < 4.78 is 39.5. The van der Waals surface area contributed by atoms with Gasteiger partial charge in [-0.3, -0.25) is 0 Å². The van der Waals surface area contributed by atoms with E-state index in [0.29, 0.717) is 5.69 Å². The van der Waals surface area contributed by atoms with Gasteiger partial charge >= 0.3 is 0 Å². The van der Waals surface area contributed by atoms with Crippen molar-refractivity contribution in [1.29, 1.82) is 0 Å². The summed E-state index contributed by atoms with van der Waals surface area (Å²) >= 11 is 3.44. The summed E-state index contributed by atoms with van der Waals surface area (Å²) in [4.78, 5) is 0.258. The molecule has 0 radical (unpaired) electrons. The zero-order valence-corrected chi connectivity index (χ0v) is 16.6. The number of rotatable bonds is 3. The number of benzene rings is 2. The van der Waals surface area contributed by atoms with Crippen LogP contribution in [-0.2, 0) is 9.84 Å². The summed E-state index contributed by atoms with van der Waals surface area (Å²) in [5.74, 6) is -0.315. The van der Waals surface area contributed by atoms with Gasteiger partial charge in [0.15, 0.2) is 9.84 Å². The van der Waals surface area contributed by atoms with Gasteiger partial charge in [0.05, 0.1) is 10.4 Å². The standard InChI is InChI=1S/C20H14BrFN2O2S/c1-27(25,26)17-9-4-13(5-10-17)19-18-11-6-15(21)12-24(18)23-20(19)14-2-7-16(22)8-3-14/h2-12H,1H3. The maximum atomic E-state index is 13.4. The van der Waals surface area contributed by atoms with Crippen LogP contribution in [0.15, 0.2) is 76.2 Å². The molecule has 4 rings (SSSR count). The minimum atomic E-state index is -3.27. The predicted molar refractivity (Wildman–Crippen MR) is 107 cm³/mol. The monoisotopic (exact) mass is 444 g/mol. The molecular weight excluding hydrogens is 431 g/mol. The second kappa shape index (κ2) is 6.58. The Morgan fingerprint density at radius 1 is 0.926 bits per heavy atom. The summed E-state index contributed by atoms with van der Waals surface area (Å²) in [5, 5.41) is 4.67. The van der Waals surface area contributed by atoms with E-state index in [4.69, 9.17) is 0 Å². The number of aromatic nitrogens is 2. The highest BCUT2D eigenvalue weighted by Crippen LogP contribution is 2.36. The molecule has 0 aliphatic heterocycles. The van der Waals surface area contributed by atoms with Gasteiger partial charge in [-0.25, -0.2) is 17.3 Å². The fourth-order valence-corrected chi connectivity index (χ4v) is 3.94. The van der Waals surface area contributed by atoms with Gasteiger partial charge in [0.2, 0.25) is 0 Å². The number of nitrogens with zero attached hydrogens (tertiary/aromatic N) is 2. The van der Waals surface area contributed by atoms with E-state index in [1.807, 2.05) is 18.3 Å². The van der Waals surface area contributed by atoms with Crippen LogP contribution >= 0.6 is 15.9 Å². The third-order valence-corrected chi connectivity index (χ3v) is 5.88. The maximum Gasteiger partial charge on any atom is 0.175 e. The van der Waals surface area contributed by atoms with E-state index in [2.05, 4.69) is 21.0 Å². The molecule has 0 spiro atoms. The minimum Gasteiger partial charge on any atom is -0.239 e. The van der Waals surface area contributed by atoms with E-state index in [-0.39, 0.29) is 10.7 Å². The van der Waals surface area contributed by atoms with Crippen LogP contribution in [0.1, 0.15) is 0 Å². The SMILES string of the molecule is CS(=O)(=O)c1ccc(-c2c(-c3ccc(F)cc3)nn3cc(Br)ccc23)cc1. The van der Waals surface area contributed by atoms with E-state index in [1.165, 1.54) is 18.4 Å². The van der Waals surface area contributed by atoms with Crippen molar-refractivity contribution in [3.8, 4) is 22.4 Å². The number of hydrogen-bond acceptors (Lipinski definition) is 3. The summed E-state index contributed by atoms with van der Waals surface area (Å²) in [7, 11) is -3.27. The molecule has 0 fully saturated rings. The van der Waals surface area contributed by atoms with Crippen molar-refractivity contribution in [3.63, 3.8) is 0 Å². The Morgan fingerprint density at radius 2 is 1.56 bits per heavy atom. The van der Waals surface area contributed by atoms with Gasteiger partial charge in [0, 0.05) is 28.1 Å². The number of halogens is 2. The molecule has 2 aromatic carbocycles. The smallest absolute Gasteiger partial charge is 0.175 e. The van der Waals surface area contributed by atoms with Gasteiger partial charge in [-0.1, -0.05) is 12.1 Å². The van der Waals surface area contributed by atoms with Crippen LogP contribution in [0, 0.1) is 5.82 Å². The predicted octanol–water partition coefficient (Wildman–Crippen LogP) is 4.97. The molecule has 4 nitrogen and oxygen atoms in total. The second-order valence-corrected chi connectivity index (χ2v) is 9.14. The Hall–Kier alpha value is -2.51. The van der Waals surface area contributed by atoms with E-state index in [0.717, 1.165) is 26.7 Å². The Kier molecular flexibility index (Phi) is 4.36. The van der Waals surface area contributed by atoms with Crippen LogP contribution in [0.2, 0.25) is 0 Å². The first-order chi connectivity index (χ1) is 12.8. The van der Waals surface area contributed by atoms with Crippen molar-refractivity contribution in [1.82, 2.24) is 9.61 Å². The first-order valence-corrected chi connectivity index (χ1v) is 10.8. The van der Waals surface area contributed by atoms with E-state index < -0.39 is 9.84 Å². The molecule has 4 aromatic rings. The molecule has 0 amide bonds. The molecule has 2 heterocycles. The first kappa shape index (κ1) is 17.9. The molecule has 27 heavy (non-hydrogen) atoms. The van der Waals surface area contributed by atoms with Crippen molar-refractivity contribution in [2.45, 2.75) is 4.90 Å². The number of sulfone groups is 1. The first-order valence-electron chi connectivity index (χ1n) is 8.07. The van der Waals surface area contributed by atoms with Gasteiger partial charge in [-0.05, 0) is 70.0 Å². The van der Waals surface area contributed by atoms with Crippen molar-refractivity contribution in [2.75, 3.05) is 6.26 Å². The van der Waals surface area contributed by atoms with Crippen LogP contribution in [0.3, 0.4) is 0 Å². The van der Waals surface area contributed by atoms with Gasteiger partial charge < -0.3 is 0 Å². The minimum absolute atomic E-state index is 0.258. The van der Waals surface area contributed by atoms with Gasteiger partial charge in [-0.2, -0.15) is 5.10 Å². The third-order valence-electron chi connectivity index (χ3n) is 4.28. The topological polar surface area (TPSA) is 51.4 Å².